The van der Waals surface area contributed by atoms with Crippen molar-refractivity contribution in [2.24, 2.45) is 0 Å². The molecule has 23 heavy (non-hydrogen) atoms. The van der Waals surface area contributed by atoms with Crippen LogP contribution in [-0.4, -0.2) is 13.0 Å². The number of anilines is 1. The van der Waals surface area contributed by atoms with Crippen LogP contribution in [0.2, 0.25) is 10.0 Å². The van der Waals surface area contributed by atoms with E-state index in [1.807, 2.05) is 24.3 Å². The smallest absolute Gasteiger partial charge is 0.248 e. The molecule has 0 saturated carbocycles. The van der Waals surface area contributed by atoms with Crippen LogP contribution in [0.1, 0.15) is 18.1 Å². The highest BCUT2D eigenvalue weighted by Crippen LogP contribution is 2.32. The Morgan fingerprint density at radius 3 is 2.52 bits per heavy atom. The Labute approximate surface area is 145 Å². The third-order valence-electron chi connectivity index (χ3n) is 3.29. The van der Waals surface area contributed by atoms with Crippen molar-refractivity contribution in [1.29, 1.82) is 0 Å². The molecule has 1 N–H and O–H groups in total. The van der Waals surface area contributed by atoms with Crippen LogP contribution >= 0.6 is 23.2 Å². The minimum absolute atomic E-state index is 0.243. The van der Waals surface area contributed by atoms with E-state index in [0.717, 1.165) is 12.1 Å². The average Bonchev–Trinajstić information content (AvgIpc) is 2.53. The zero-order chi connectivity index (χ0) is 16.8. The van der Waals surface area contributed by atoms with Crippen molar-refractivity contribution >= 4 is 40.9 Å². The molecule has 0 aliphatic carbocycles. The lowest BCUT2D eigenvalue weighted by Crippen LogP contribution is -2.07. The van der Waals surface area contributed by atoms with Gasteiger partial charge in [0.25, 0.3) is 0 Å². The SMILES string of the molecule is CCc1ccc(NC(=O)/C=C/c2cc(Cl)cc(Cl)c2OC)cc1. The van der Waals surface area contributed by atoms with Crippen molar-refractivity contribution in [3.63, 3.8) is 0 Å². The fourth-order valence-corrected chi connectivity index (χ4v) is 2.68. The second kappa shape index (κ2) is 8.04. The van der Waals surface area contributed by atoms with Crippen molar-refractivity contribution < 1.29 is 9.53 Å². The Bertz CT molecular complexity index is 725. The van der Waals surface area contributed by atoms with Gasteiger partial charge in [0.2, 0.25) is 5.91 Å². The van der Waals surface area contributed by atoms with Crippen molar-refractivity contribution in [3.8, 4) is 5.75 Å². The van der Waals surface area contributed by atoms with Gasteiger partial charge in [-0.15, -0.1) is 0 Å². The van der Waals surface area contributed by atoms with Gasteiger partial charge in [-0.1, -0.05) is 42.3 Å². The highest BCUT2D eigenvalue weighted by atomic mass is 35.5. The fourth-order valence-electron chi connectivity index (χ4n) is 2.09. The lowest BCUT2D eigenvalue weighted by Gasteiger charge is -2.08. The van der Waals surface area contributed by atoms with Gasteiger partial charge in [-0.3, -0.25) is 4.79 Å². The van der Waals surface area contributed by atoms with Crippen LogP contribution in [0, 0.1) is 0 Å². The van der Waals surface area contributed by atoms with Crippen molar-refractivity contribution in [2.75, 3.05) is 12.4 Å². The molecule has 1 amide bonds. The van der Waals surface area contributed by atoms with Gasteiger partial charge in [-0.05, 0) is 42.3 Å². The summed E-state index contributed by atoms with van der Waals surface area (Å²) in [6.45, 7) is 2.08. The first-order chi connectivity index (χ1) is 11.0. The van der Waals surface area contributed by atoms with Crippen molar-refractivity contribution in [1.82, 2.24) is 0 Å². The predicted molar refractivity (Wildman–Crippen MR) is 96.5 cm³/mol. The molecule has 0 bridgehead atoms. The van der Waals surface area contributed by atoms with Gasteiger partial charge in [-0.2, -0.15) is 0 Å². The van der Waals surface area contributed by atoms with Crippen molar-refractivity contribution in [3.05, 3.63) is 63.6 Å². The number of amides is 1. The number of carbonyl (C=O) groups is 1. The van der Waals surface area contributed by atoms with Gasteiger partial charge in [-0.25, -0.2) is 0 Å². The topological polar surface area (TPSA) is 38.3 Å². The third kappa shape index (κ3) is 4.75. The Balaban J connectivity index is 2.11. The second-order valence-corrected chi connectivity index (χ2v) is 5.73. The number of benzene rings is 2. The van der Waals surface area contributed by atoms with Gasteiger partial charge in [0, 0.05) is 22.3 Å². The highest BCUT2D eigenvalue weighted by Gasteiger charge is 2.08. The maximum Gasteiger partial charge on any atom is 0.248 e. The van der Waals surface area contributed by atoms with Crippen molar-refractivity contribution in [2.45, 2.75) is 13.3 Å². The zero-order valence-electron chi connectivity index (χ0n) is 12.9. The van der Waals surface area contributed by atoms with E-state index in [2.05, 4.69) is 12.2 Å². The molecule has 0 aliphatic heterocycles. The van der Waals surface area contributed by atoms with E-state index in [4.69, 9.17) is 27.9 Å². The number of hydrogen-bond donors (Lipinski definition) is 1. The molecular formula is C18H17Cl2NO2. The van der Waals surface area contributed by atoms with Crippen LogP contribution in [-0.2, 0) is 11.2 Å². The van der Waals surface area contributed by atoms with Gasteiger partial charge in [0.1, 0.15) is 5.75 Å². The summed E-state index contributed by atoms with van der Waals surface area (Å²) >= 11 is 12.0. The molecule has 5 heteroatoms. The van der Waals surface area contributed by atoms with Crippen LogP contribution in [0.5, 0.6) is 5.75 Å². The molecule has 0 aromatic heterocycles. The van der Waals surface area contributed by atoms with E-state index < -0.39 is 0 Å². The molecule has 0 aliphatic rings. The molecule has 0 spiro atoms. The molecule has 0 heterocycles. The van der Waals surface area contributed by atoms with Gasteiger partial charge < -0.3 is 10.1 Å². The summed E-state index contributed by atoms with van der Waals surface area (Å²) in [6, 6.07) is 11.0. The second-order valence-electron chi connectivity index (χ2n) is 4.88. The maximum absolute atomic E-state index is 12.0. The Morgan fingerprint density at radius 1 is 1.22 bits per heavy atom. The van der Waals surface area contributed by atoms with Gasteiger partial charge in [0.15, 0.2) is 0 Å². The number of rotatable bonds is 5. The van der Waals surface area contributed by atoms with Crippen LogP contribution in [0.25, 0.3) is 6.08 Å². The molecule has 3 nitrogen and oxygen atoms in total. The molecule has 2 aromatic carbocycles. The normalized spacial score (nSPS) is 10.8. The maximum atomic E-state index is 12.0. The number of aryl methyl sites for hydroxylation is 1. The number of hydrogen-bond acceptors (Lipinski definition) is 2. The lowest BCUT2D eigenvalue weighted by molar-refractivity contribution is -0.111. The number of methoxy groups -OCH3 is 1. The number of carbonyl (C=O) groups excluding carboxylic acids is 1. The summed E-state index contributed by atoms with van der Waals surface area (Å²) in [5.74, 6) is 0.236. The standard InChI is InChI=1S/C18H17Cl2NO2/c1-3-12-4-7-15(8-5-12)21-17(22)9-6-13-10-14(19)11-16(20)18(13)23-2/h4-11H,3H2,1-2H3,(H,21,22)/b9-6+. The minimum Gasteiger partial charge on any atom is -0.495 e. The van der Waals surface area contributed by atoms with Crippen LogP contribution in [0.4, 0.5) is 5.69 Å². The van der Waals surface area contributed by atoms with E-state index in [-0.39, 0.29) is 5.91 Å². The van der Waals surface area contributed by atoms with E-state index >= 15 is 0 Å². The summed E-state index contributed by atoms with van der Waals surface area (Å²) in [6.07, 6.45) is 3.99. The Morgan fingerprint density at radius 2 is 1.91 bits per heavy atom. The molecule has 0 saturated heterocycles. The molecule has 2 rings (SSSR count). The monoisotopic (exact) mass is 349 g/mol. The Hall–Kier alpha value is -1.97. The highest BCUT2D eigenvalue weighted by molar-refractivity contribution is 6.36. The molecule has 0 unspecified atom stereocenters. The summed E-state index contributed by atoms with van der Waals surface area (Å²) in [4.78, 5) is 12.0. The summed E-state index contributed by atoms with van der Waals surface area (Å²) in [5, 5.41) is 3.67. The van der Waals surface area contributed by atoms with Crippen LogP contribution in [0.3, 0.4) is 0 Å². The average molecular weight is 350 g/mol. The Kier molecular flexibility index (Phi) is 6.08. The first-order valence-corrected chi connectivity index (χ1v) is 7.90. The quantitative estimate of drug-likeness (QED) is 0.751. The molecule has 0 atom stereocenters. The van der Waals surface area contributed by atoms with E-state index in [1.54, 1.807) is 18.2 Å². The summed E-state index contributed by atoms with van der Waals surface area (Å²) in [7, 11) is 1.52. The molecule has 2 aromatic rings. The number of ether oxygens (including phenoxy) is 1. The lowest BCUT2D eigenvalue weighted by atomic mass is 10.1. The summed E-state index contributed by atoms with van der Waals surface area (Å²) < 4.78 is 5.23. The molecule has 120 valence electrons. The molecular weight excluding hydrogens is 333 g/mol. The minimum atomic E-state index is -0.243. The number of nitrogens with one attached hydrogen (secondary N) is 1. The van der Waals surface area contributed by atoms with Gasteiger partial charge in [0.05, 0.1) is 12.1 Å². The molecule has 0 radical (unpaired) electrons. The summed E-state index contributed by atoms with van der Waals surface area (Å²) in [5.41, 5.74) is 2.60. The first-order valence-electron chi connectivity index (χ1n) is 7.14. The van der Waals surface area contributed by atoms with Crippen LogP contribution in [0.15, 0.2) is 42.5 Å². The zero-order valence-corrected chi connectivity index (χ0v) is 14.4. The molecule has 0 fully saturated rings. The van der Waals surface area contributed by atoms with Gasteiger partial charge >= 0.3 is 0 Å². The fraction of sp³-hybridized carbons (Fsp3) is 0.167. The van der Waals surface area contributed by atoms with Crippen LogP contribution < -0.4 is 10.1 Å². The predicted octanol–water partition coefficient (Wildman–Crippen LogP) is 5.22. The largest absolute Gasteiger partial charge is 0.495 e. The third-order valence-corrected chi connectivity index (χ3v) is 3.78. The van der Waals surface area contributed by atoms with E-state index in [0.29, 0.717) is 21.4 Å². The first kappa shape index (κ1) is 17.4. The van der Waals surface area contributed by atoms with E-state index in [9.17, 15) is 4.79 Å². The van der Waals surface area contributed by atoms with E-state index in [1.165, 1.54) is 18.7 Å². The number of halogens is 2.